The van der Waals surface area contributed by atoms with E-state index < -0.39 is 0 Å². The van der Waals surface area contributed by atoms with Gasteiger partial charge in [-0.3, -0.25) is 0 Å². The maximum Gasteiger partial charge on any atom is 0.178 e. The zero-order valence-electron chi connectivity index (χ0n) is 10.8. The van der Waals surface area contributed by atoms with Gasteiger partial charge < -0.3 is 9.80 Å². The van der Waals surface area contributed by atoms with Gasteiger partial charge in [-0.15, -0.1) is 0 Å². The Morgan fingerprint density at radius 3 is 3.00 bits per heavy atom. The predicted molar refractivity (Wildman–Crippen MR) is 79.8 cm³/mol. The van der Waals surface area contributed by atoms with Crippen LogP contribution in [0, 0.1) is 5.92 Å². The van der Waals surface area contributed by atoms with E-state index in [0.717, 1.165) is 41.4 Å². The fourth-order valence-electron chi connectivity index (χ4n) is 3.05. The number of fused-ring (bicyclic) bond motifs is 3. The molecule has 1 saturated heterocycles. The van der Waals surface area contributed by atoms with Crippen molar-refractivity contribution in [1.82, 2.24) is 9.88 Å². The highest BCUT2D eigenvalue weighted by Gasteiger charge is 2.38. The van der Waals surface area contributed by atoms with Crippen LogP contribution in [0.25, 0.3) is 0 Å². The summed E-state index contributed by atoms with van der Waals surface area (Å²) >= 11 is 3.49. The molecule has 1 aromatic heterocycles. The SMILES string of the molecule is CC1CN(C2=Nc3ncc(Br)cc3N3C=CCC23)C1. The summed E-state index contributed by atoms with van der Waals surface area (Å²) < 4.78 is 1.00. The number of hydrogen-bond donors (Lipinski definition) is 0. The number of nitrogens with zero attached hydrogens (tertiary/aromatic N) is 4. The third-order valence-electron chi connectivity index (χ3n) is 3.96. The number of aliphatic imine (C=N–C) groups is 1. The summed E-state index contributed by atoms with van der Waals surface area (Å²) in [5, 5.41) is 0. The zero-order chi connectivity index (χ0) is 13.0. The Balaban J connectivity index is 1.78. The van der Waals surface area contributed by atoms with E-state index in [1.165, 1.54) is 5.84 Å². The number of pyridine rings is 1. The average Bonchev–Trinajstić information content (AvgIpc) is 2.84. The molecular formula is C14H15BrN4. The monoisotopic (exact) mass is 318 g/mol. The van der Waals surface area contributed by atoms with Gasteiger partial charge in [0.25, 0.3) is 0 Å². The van der Waals surface area contributed by atoms with E-state index >= 15 is 0 Å². The Hall–Kier alpha value is -1.36. The van der Waals surface area contributed by atoms with Crippen LogP contribution in [0.15, 0.2) is 34.0 Å². The molecule has 4 nitrogen and oxygen atoms in total. The van der Waals surface area contributed by atoms with Crippen LogP contribution in [-0.2, 0) is 0 Å². The fraction of sp³-hybridized carbons (Fsp3) is 0.429. The van der Waals surface area contributed by atoms with E-state index in [-0.39, 0.29) is 0 Å². The molecule has 4 rings (SSSR count). The van der Waals surface area contributed by atoms with Crippen molar-refractivity contribution < 1.29 is 0 Å². The van der Waals surface area contributed by atoms with Crippen LogP contribution in [0.1, 0.15) is 13.3 Å². The van der Waals surface area contributed by atoms with Crippen molar-refractivity contribution in [2.45, 2.75) is 19.4 Å². The second-order valence-electron chi connectivity index (χ2n) is 5.52. The Morgan fingerprint density at radius 2 is 2.21 bits per heavy atom. The van der Waals surface area contributed by atoms with Gasteiger partial charge in [0.2, 0.25) is 0 Å². The summed E-state index contributed by atoms with van der Waals surface area (Å²) in [5.74, 6) is 2.80. The maximum absolute atomic E-state index is 4.81. The van der Waals surface area contributed by atoms with E-state index in [9.17, 15) is 0 Å². The van der Waals surface area contributed by atoms with Gasteiger partial charge >= 0.3 is 0 Å². The molecule has 0 spiro atoms. The molecule has 0 amide bonds. The second-order valence-corrected chi connectivity index (χ2v) is 6.44. The number of anilines is 1. The number of likely N-dealkylation sites (tertiary alicyclic amines) is 1. The molecule has 1 atom stereocenters. The molecule has 4 heterocycles. The number of amidine groups is 1. The molecule has 0 aromatic carbocycles. The first-order chi connectivity index (χ1) is 9.22. The quantitative estimate of drug-likeness (QED) is 0.737. The van der Waals surface area contributed by atoms with Crippen LogP contribution in [-0.4, -0.2) is 34.9 Å². The lowest BCUT2D eigenvalue weighted by molar-refractivity contribution is 0.199. The Labute approximate surface area is 121 Å². The lowest BCUT2D eigenvalue weighted by Crippen LogP contribution is -2.55. The number of hydrogen-bond acceptors (Lipinski definition) is 4. The zero-order valence-corrected chi connectivity index (χ0v) is 12.3. The first-order valence-electron chi connectivity index (χ1n) is 6.66. The molecule has 1 fully saturated rings. The van der Waals surface area contributed by atoms with E-state index in [1.807, 2.05) is 6.20 Å². The molecule has 0 N–H and O–H groups in total. The smallest absolute Gasteiger partial charge is 0.178 e. The molecule has 3 aliphatic heterocycles. The first-order valence-corrected chi connectivity index (χ1v) is 7.46. The molecule has 0 bridgehead atoms. The van der Waals surface area contributed by atoms with Crippen molar-refractivity contribution in [2.24, 2.45) is 10.9 Å². The minimum atomic E-state index is 0.357. The van der Waals surface area contributed by atoms with Crippen molar-refractivity contribution in [3.05, 3.63) is 29.0 Å². The molecular weight excluding hydrogens is 304 g/mol. The van der Waals surface area contributed by atoms with Crippen LogP contribution >= 0.6 is 15.9 Å². The van der Waals surface area contributed by atoms with Gasteiger partial charge in [0.15, 0.2) is 5.82 Å². The van der Waals surface area contributed by atoms with Crippen molar-refractivity contribution in [1.29, 1.82) is 0 Å². The molecule has 19 heavy (non-hydrogen) atoms. The standard InChI is InChI=1S/C14H15BrN4/c1-9-7-18(8-9)14-11-3-2-4-19(11)12-5-10(15)6-16-13(12)17-14/h2,4-6,9,11H,3,7-8H2,1H3. The average molecular weight is 319 g/mol. The largest absolute Gasteiger partial charge is 0.358 e. The van der Waals surface area contributed by atoms with Crippen molar-refractivity contribution in [3.63, 3.8) is 0 Å². The Bertz CT molecular complexity index is 589. The molecule has 0 radical (unpaired) electrons. The van der Waals surface area contributed by atoms with Crippen molar-refractivity contribution >= 4 is 33.3 Å². The van der Waals surface area contributed by atoms with Gasteiger partial charge in [-0.2, -0.15) is 0 Å². The van der Waals surface area contributed by atoms with Crippen LogP contribution in [0.3, 0.4) is 0 Å². The molecule has 5 heteroatoms. The van der Waals surface area contributed by atoms with Gasteiger partial charge in [-0.05, 0) is 34.3 Å². The van der Waals surface area contributed by atoms with Crippen molar-refractivity contribution in [2.75, 3.05) is 18.0 Å². The molecule has 1 unspecified atom stereocenters. The van der Waals surface area contributed by atoms with Crippen LogP contribution in [0.4, 0.5) is 11.5 Å². The molecule has 0 aliphatic carbocycles. The summed E-state index contributed by atoms with van der Waals surface area (Å²) in [4.78, 5) is 14.0. The third kappa shape index (κ3) is 1.71. The van der Waals surface area contributed by atoms with Gasteiger partial charge in [0.05, 0.1) is 11.7 Å². The summed E-state index contributed by atoms with van der Waals surface area (Å²) in [7, 11) is 0. The van der Waals surface area contributed by atoms with E-state index in [1.54, 1.807) is 0 Å². The van der Waals surface area contributed by atoms with Gasteiger partial charge in [-0.1, -0.05) is 13.0 Å². The van der Waals surface area contributed by atoms with E-state index in [0.29, 0.717) is 6.04 Å². The summed E-state index contributed by atoms with van der Waals surface area (Å²) in [6.07, 6.45) is 7.24. The minimum absolute atomic E-state index is 0.357. The molecule has 1 aromatic rings. The molecule has 98 valence electrons. The highest BCUT2D eigenvalue weighted by molar-refractivity contribution is 9.10. The lowest BCUT2D eigenvalue weighted by atomic mass is 9.99. The summed E-state index contributed by atoms with van der Waals surface area (Å²) in [6, 6.07) is 2.46. The van der Waals surface area contributed by atoms with Crippen LogP contribution in [0.2, 0.25) is 0 Å². The third-order valence-corrected chi connectivity index (χ3v) is 4.39. The van der Waals surface area contributed by atoms with E-state index in [4.69, 9.17) is 4.99 Å². The number of halogens is 1. The molecule has 3 aliphatic rings. The van der Waals surface area contributed by atoms with E-state index in [2.05, 4.69) is 56.0 Å². The Morgan fingerprint density at radius 1 is 1.37 bits per heavy atom. The van der Waals surface area contributed by atoms with Gasteiger partial charge in [-0.25, -0.2) is 9.98 Å². The minimum Gasteiger partial charge on any atom is -0.358 e. The number of rotatable bonds is 0. The highest BCUT2D eigenvalue weighted by atomic mass is 79.9. The summed E-state index contributed by atoms with van der Waals surface area (Å²) in [6.45, 7) is 4.53. The highest BCUT2D eigenvalue weighted by Crippen LogP contribution is 2.39. The van der Waals surface area contributed by atoms with Gasteiger partial charge in [0.1, 0.15) is 5.84 Å². The van der Waals surface area contributed by atoms with Gasteiger partial charge in [0, 0.05) is 30.0 Å². The lowest BCUT2D eigenvalue weighted by Gasteiger charge is -2.44. The van der Waals surface area contributed by atoms with Crippen LogP contribution in [0.5, 0.6) is 0 Å². The second kappa shape index (κ2) is 4.07. The predicted octanol–water partition coefficient (Wildman–Crippen LogP) is 2.93. The number of aromatic nitrogens is 1. The fourth-order valence-corrected chi connectivity index (χ4v) is 3.37. The summed E-state index contributed by atoms with van der Waals surface area (Å²) in [5.41, 5.74) is 1.10. The van der Waals surface area contributed by atoms with Crippen molar-refractivity contribution in [3.8, 4) is 0 Å². The topological polar surface area (TPSA) is 31.7 Å². The molecule has 0 saturated carbocycles. The Kier molecular flexibility index (Phi) is 2.45. The normalized spacial score (nSPS) is 24.9. The van der Waals surface area contributed by atoms with Crippen LogP contribution < -0.4 is 4.90 Å². The maximum atomic E-state index is 4.81. The first kappa shape index (κ1) is 11.5.